The van der Waals surface area contributed by atoms with Gasteiger partial charge in [-0.1, -0.05) is 30.3 Å². The van der Waals surface area contributed by atoms with Crippen LogP contribution in [-0.2, 0) is 0 Å². The molecular weight excluding hydrogens is 208 g/mol. The van der Waals surface area contributed by atoms with Gasteiger partial charge in [-0.25, -0.2) is 4.79 Å². The topological polar surface area (TPSA) is 32.3 Å². The molecule has 1 aliphatic rings. The lowest BCUT2D eigenvalue weighted by Crippen LogP contribution is -2.29. The molecule has 0 saturated carbocycles. The third-order valence-corrected chi connectivity index (χ3v) is 2.76. The molecule has 1 aliphatic heterocycles. The minimum Gasteiger partial charge on any atom is -0.329 e. The van der Waals surface area contributed by atoms with Crippen LogP contribution in [0.4, 0.5) is 4.79 Å². The van der Waals surface area contributed by atoms with Crippen LogP contribution in [0.1, 0.15) is 11.6 Å². The maximum atomic E-state index is 11.5. The number of hydrogen-bond donors (Lipinski definition) is 2. The molecule has 3 nitrogen and oxygen atoms in total. The Morgan fingerprint density at radius 1 is 1.40 bits per heavy atom. The molecular formula is C11H14N2OS. The first-order valence-electron chi connectivity index (χ1n) is 5.02. The fourth-order valence-corrected chi connectivity index (χ4v) is 2.02. The van der Waals surface area contributed by atoms with Gasteiger partial charge >= 0.3 is 6.03 Å². The third-order valence-electron chi connectivity index (χ3n) is 2.56. The second kappa shape index (κ2) is 4.57. The zero-order chi connectivity index (χ0) is 10.7. The Morgan fingerprint density at radius 3 is 2.80 bits per heavy atom. The van der Waals surface area contributed by atoms with Gasteiger partial charge in [0.25, 0.3) is 0 Å². The number of nitrogens with zero attached hydrogens (tertiary/aromatic N) is 1. The van der Waals surface area contributed by atoms with Crippen LogP contribution >= 0.6 is 12.6 Å². The van der Waals surface area contributed by atoms with Gasteiger partial charge in [-0.2, -0.15) is 12.6 Å². The number of thiol groups is 1. The molecule has 1 N–H and O–H groups in total. The number of carbonyl (C=O) groups is 1. The molecule has 1 heterocycles. The van der Waals surface area contributed by atoms with E-state index in [9.17, 15) is 4.79 Å². The molecule has 1 atom stereocenters. The molecule has 0 radical (unpaired) electrons. The molecule has 0 aliphatic carbocycles. The Hall–Kier alpha value is -1.16. The minimum absolute atomic E-state index is 0.0119. The highest BCUT2D eigenvalue weighted by Gasteiger charge is 2.28. The van der Waals surface area contributed by atoms with Crippen molar-refractivity contribution in [3.8, 4) is 0 Å². The van der Waals surface area contributed by atoms with Crippen LogP contribution in [0, 0.1) is 0 Å². The maximum absolute atomic E-state index is 11.5. The molecule has 15 heavy (non-hydrogen) atoms. The van der Waals surface area contributed by atoms with E-state index in [0.29, 0.717) is 12.3 Å². The summed E-state index contributed by atoms with van der Waals surface area (Å²) in [4.78, 5) is 13.3. The second-order valence-electron chi connectivity index (χ2n) is 3.58. The maximum Gasteiger partial charge on any atom is 0.318 e. The van der Waals surface area contributed by atoms with E-state index in [0.717, 1.165) is 12.1 Å². The van der Waals surface area contributed by atoms with Crippen molar-refractivity contribution in [3.05, 3.63) is 35.9 Å². The van der Waals surface area contributed by atoms with Crippen molar-refractivity contribution in [2.75, 3.05) is 18.8 Å². The highest BCUT2D eigenvalue weighted by molar-refractivity contribution is 7.80. The fraction of sp³-hybridized carbons (Fsp3) is 0.364. The van der Waals surface area contributed by atoms with Crippen molar-refractivity contribution in [2.24, 2.45) is 0 Å². The summed E-state index contributed by atoms with van der Waals surface area (Å²) in [5.41, 5.74) is 1.16. The summed E-state index contributed by atoms with van der Waals surface area (Å²) >= 11 is 4.13. The van der Waals surface area contributed by atoms with Crippen molar-refractivity contribution in [2.45, 2.75) is 6.04 Å². The molecule has 1 fully saturated rings. The van der Waals surface area contributed by atoms with Crippen molar-refractivity contribution in [3.63, 3.8) is 0 Å². The van der Waals surface area contributed by atoms with Gasteiger partial charge < -0.3 is 10.2 Å². The molecule has 2 rings (SSSR count). The molecule has 80 valence electrons. The van der Waals surface area contributed by atoms with E-state index < -0.39 is 0 Å². The second-order valence-corrected chi connectivity index (χ2v) is 4.03. The van der Waals surface area contributed by atoms with E-state index in [-0.39, 0.29) is 12.1 Å². The van der Waals surface area contributed by atoms with E-state index in [1.807, 2.05) is 30.3 Å². The van der Waals surface area contributed by atoms with Gasteiger partial charge in [0.1, 0.15) is 0 Å². The predicted octanol–water partition coefficient (Wildman–Crippen LogP) is 1.68. The summed E-state index contributed by atoms with van der Waals surface area (Å²) in [6, 6.07) is 10.2. The molecule has 1 saturated heterocycles. The summed E-state index contributed by atoms with van der Waals surface area (Å²) in [6.07, 6.45) is 0. The van der Waals surface area contributed by atoms with Crippen LogP contribution in [0.25, 0.3) is 0 Å². The van der Waals surface area contributed by atoms with Crippen LogP contribution in [-0.4, -0.2) is 29.8 Å². The van der Waals surface area contributed by atoms with Crippen molar-refractivity contribution in [1.82, 2.24) is 10.2 Å². The van der Waals surface area contributed by atoms with E-state index in [2.05, 4.69) is 17.9 Å². The summed E-state index contributed by atoms with van der Waals surface area (Å²) in [5, 5.41) is 2.96. The van der Waals surface area contributed by atoms with Gasteiger partial charge in [-0.3, -0.25) is 0 Å². The standard InChI is InChI=1S/C11H14N2OS/c14-11-12-10(8-13(11)6-7-15)9-4-2-1-3-5-9/h1-5,10,15H,6-8H2,(H,12,14)/t10-/m0/s1. The average Bonchev–Trinajstić information content (AvgIpc) is 2.63. The summed E-state index contributed by atoms with van der Waals surface area (Å²) < 4.78 is 0. The Bertz CT molecular complexity index is 342. The Balaban J connectivity index is 2.06. The van der Waals surface area contributed by atoms with Gasteiger partial charge in [0.15, 0.2) is 0 Å². The van der Waals surface area contributed by atoms with Crippen LogP contribution < -0.4 is 5.32 Å². The summed E-state index contributed by atoms with van der Waals surface area (Å²) in [5.74, 6) is 0.703. The van der Waals surface area contributed by atoms with Crippen molar-refractivity contribution >= 4 is 18.7 Å². The summed E-state index contributed by atoms with van der Waals surface area (Å²) in [7, 11) is 0. The van der Waals surface area contributed by atoms with Gasteiger partial charge in [0.2, 0.25) is 0 Å². The number of nitrogens with one attached hydrogen (secondary N) is 1. The highest BCUT2D eigenvalue weighted by atomic mass is 32.1. The van der Waals surface area contributed by atoms with Gasteiger partial charge in [-0.05, 0) is 5.56 Å². The average molecular weight is 222 g/mol. The van der Waals surface area contributed by atoms with E-state index in [4.69, 9.17) is 0 Å². The highest BCUT2D eigenvalue weighted by Crippen LogP contribution is 2.19. The molecule has 0 spiro atoms. The molecule has 0 bridgehead atoms. The van der Waals surface area contributed by atoms with Crippen LogP contribution in [0.5, 0.6) is 0 Å². The third kappa shape index (κ3) is 2.26. The quantitative estimate of drug-likeness (QED) is 0.749. The first kappa shape index (κ1) is 10.4. The monoisotopic (exact) mass is 222 g/mol. The molecule has 1 aromatic rings. The largest absolute Gasteiger partial charge is 0.329 e. The molecule has 2 amide bonds. The fourth-order valence-electron chi connectivity index (χ4n) is 1.78. The van der Waals surface area contributed by atoms with Gasteiger partial charge in [0.05, 0.1) is 6.04 Å². The van der Waals surface area contributed by atoms with Crippen molar-refractivity contribution in [1.29, 1.82) is 0 Å². The minimum atomic E-state index is 0.0119. The Morgan fingerprint density at radius 2 is 2.13 bits per heavy atom. The zero-order valence-corrected chi connectivity index (χ0v) is 9.28. The van der Waals surface area contributed by atoms with Crippen LogP contribution in [0.3, 0.4) is 0 Å². The normalized spacial score (nSPS) is 20.5. The smallest absolute Gasteiger partial charge is 0.318 e. The van der Waals surface area contributed by atoms with Crippen molar-refractivity contribution < 1.29 is 4.79 Å². The summed E-state index contributed by atoms with van der Waals surface area (Å²) in [6.45, 7) is 1.45. The molecule has 1 aromatic carbocycles. The SMILES string of the molecule is O=C1N[C@H](c2ccccc2)CN1CCS. The first-order valence-corrected chi connectivity index (χ1v) is 5.66. The lowest BCUT2D eigenvalue weighted by atomic mass is 10.1. The number of hydrogen-bond acceptors (Lipinski definition) is 2. The molecule has 0 unspecified atom stereocenters. The zero-order valence-electron chi connectivity index (χ0n) is 8.39. The van der Waals surface area contributed by atoms with Gasteiger partial charge in [-0.15, -0.1) is 0 Å². The van der Waals surface area contributed by atoms with E-state index in [1.54, 1.807) is 4.90 Å². The lowest BCUT2D eigenvalue weighted by Gasteiger charge is -2.12. The first-order chi connectivity index (χ1) is 7.31. The number of urea groups is 1. The van der Waals surface area contributed by atoms with Gasteiger partial charge in [0, 0.05) is 18.8 Å². The Labute approximate surface area is 94.9 Å². The van der Waals surface area contributed by atoms with Crippen LogP contribution in [0.2, 0.25) is 0 Å². The van der Waals surface area contributed by atoms with Crippen LogP contribution in [0.15, 0.2) is 30.3 Å². The Kier molecular flexibility index (Phi) is 3.16. The molecule has 4 heteroatoms. The predicted molar refractivity (Wildman–Crippen MR) is 63.1 cm³/mol. The van der Waals surface area contributed by atoms with E-state index >= 15 is 0 Å². The number of rotatable bonds is 3. The molecule has 0 aromatic heterocycles. The van der Waals surface area contributed by atoms with E-state index in [1.165, 1.54) is 0 Å². The number of benzene rings is 1. The number of amides is 2. The number of carbonyl (C=O) groups excluding carboxylic acids is 1. The lowest BCUT2D eigenvalue weighted by molar-refractivity contribution is 0.220.